The number of nitrogens with one attached hydrogen (secondary N) is 1. The van der Waals surface area contributed by atoms with Crippen molar-refractivity contribution in [2.24, 2.45) is 0 Å². The van der Waals surface area contributed by atoms with E-state index in [1.807, 2.05) is 6.92 Å². The molecule has 1 aliphatic rings. The second kappa shape index (κ2) is 8.21. The first-order chi connectivity index (χ1) is 6.93. The van der Waals surface area contributed by atoms with Gasteiger partial charge in [-0.2, -0.15) is 0 Å². The van der Waals surface area contributed by atoms with Gasteiger partial charge in [-0.25, -0.2) is 0 Å². The van der Waals surface area contributed by atoms with Crippen LogP contribution >= 0.6 is 0 Å². The predicted molar refractivity (Wildman–Crippen MR) is 57.6 cm³/mol. The summed E-state index contributed by atoms with van der Waals surface area (Å²) in [5.41, 5.74) is 0. The van der Waals surface area contributed by atoms with E-state index in [4.69, 9.17) is 9.47 Å². The van der Waals surface area contributed by atoms with E-state index in [2.05, 4.69) is 5.32 Å². The van der Waals surface area contributed by atoms with E-state index < -0.39 is 0 Å². The van der Waals surface area contributed by atoms with E-state index in [1.54, 1.807) is 0 Å². The largest absolute Gasteiger partial charge is 0.380 e. The van der Waals surface area contributed by atoms with E-state index >= 15 is 0 Å². The van der Waals surface area contributed by atoms with Crippen molar-refractivity contribution in [3.8, 4) is 0 Å². The Morgan fingerprint density at radius 2 is 2.29 bits per heavy atom. The minimum Gasteiger partial charge on any atom is -0.380 e. The zero-order chi connectivity index (χ0) is 10.1. The summed E-state index contributed by atoms with van der Waals surface area (Å²) < 4.78 is 10.9. The first-order valence-electron chi connectivity index (χ1n) is 5.83. The van der Waals surface area contributed by atoms with E-state index in [-0.39, 0.29) is 0 Å². The molecule has 3 nitrogen and oxygen atoms in total. The molecule has 1 atom stereocenters. The van der Waals surface area contributed by atoms with Crippen LogP contribution in [0.25, 0.3) is 0 Å². The number of hydrogen-bond donors (Lipinski definition) is 1. The van der Waals surface area contributed by atoms with Crippen LogP contribution in [0.5, 0.6) is 0 Å². The molecule has 1 heterocycles. The van der Waals surface area contributed by atoms with Crippen molar-refractivity contribution in [1.82, 2.24) is 5.32 Å². The van der Waals surface area contributed by atoms with E-state index in [0.717, 1.165) is 39.3 Å². The van der Waals surface area contributed by atoms with Crippen LogP contribution in [0.2, 0.25) is 0 Å². The Kier molecular flexibility index (Phi) is 7.01. The van der Waals surface area contributed by atoms with Gasteiger partial charge in [0.2, 0.25) is 0 Å². The maximum absolute atomic E-state index is 5.63. The molecule has 1 aliphatic heterocycles. The Labute approximate surface area is 87.2 Å². The second-order valence-corrected chi connectivity index (χ2v) is 3.72. The van der Waals surface area contributed by atoms with E-state index in [1.165, 1.54) is 19.3 Å². The zero-order valence-electron chi connectivity index (χ0n) is 9.26. The molecule has 1 rings (SSSR count). The lowest BCUT2D eigenvalue weighted by Crippen LogP contribution is -2.27. The Balaban J connectivity index is 1.82. The van der Waals surface area contributed by atoms with Crippen LogP contribution in [0, 0.1) is 0 Å². The molecule has 0 aromatic rings. The maximum Gasteiger partial charge on any atom is 0.0590 e. The van der Waals surface area contributed by atoms with Gasteiger partial charge in [0.25, 0.3) is 0 Å². The standard InChI is InChI=1S/C11H23NO2/c1-2-13-10-8-12-7-6-11-5-3-4-9-14-11/h11-12H,2-10H2,1H3. The van der Waals surface area contributed by atoms with Crippen LogP contribution < -0.4 is 5.32 Å². The zero-order valence-corrected chi connectivity index (χ0v) is 9.26. The molecule has 84 valence electrons. The molecule has 0 amide bonds. The molecule has 0 aromatic carbocycles. The third kappa shape index (κ3) is 5.58. The summed E-state index contributed by atoms with van der Waals surface area (Å²) in [5.74, 6) is 0. The highest BCUT2D eigenvalue weighted by Crippen LogP contribution is 2.14. The molecule has 3 heteroatoms. The van der Waals surface area contributed by atoms with Crippen LogP contribution in [-0.2, 0) is 9.47 Å². The van der Waals surface area contributed by atoms with Crippen molar-refractivity contribution in [1.29, 1.82) is 0 Å². The van der Waals surface area contributed by atoms with Gasteiger partial charge in [-0.3, -0.25) is 0 Å². The molecular formula is C11H23NO2. The van der Waals surface area contributed by atoms with Gasteiger partial charge in [0.05, 0.1) is 12.7 Å². The maximum atomic E-state index is 5.63. The fraction of sp³-hybridized carbons (Fsp3) is 1.00. The minimum atomic E-state index is 0.503. The topological polar surface area (TPSA) is 30.5 Å². The third-order valence-electron chi connectivity index (χ3n) is 2.54. The average molecular weight is 201 g/mol. The van der Waals surface area contributed by atoms with E-state index in [0.29, 0.717) is 6.10 Å². The van der Waals surface area contributed by atoms with Crippen LogP contribution in [0.1, 0.15) is 32.6 Å². The molecule has 1 saturated heterocycles. The molecule has 0 spiro atoms. The summed E-state index contributed by atoms with van der Waals surface area (Å²) in [6.45, 7) is 6.63. The average Bonchev–Trinajstić information content (AvgIpc) is 2.25. The van der Waals surface area contributed by atoms with Gasteiger partial charge in [0.15, 0.2) is 0 Å². The lowest BCUT2D eigenvalue weighted by molar-refractivity contribution is 0.0113. The van der Waals surface area contributed by atoms with Gasteiger partial charge in [-0.15, -0.1) is 0 Å². The molecule has 14 heavy (non-hydrogen) atoms. The predicted octanol–water partition coefficient (Wildman–Crippen LogP) is 1.57. The summed E-state index contributed by atoms with van der Waals surface area (Å²) in [6.07, 6.45) is 5.47. The molecule has 0 radical (unpaired) electrons. The van der Waals surface area contributed by atoms with Gasteiger partial charge >= 0.3 is 0 Å². The van der Waals surface area contributed by atoms with Crippen molar-refractivity contribution < 1.29 is 9.47 Å². The lowest BCUT2D eigenvalue weighted by atomic mass is 10.1. The molecule has 1 fully saturated rings. The summed E-state index contributed by atoms with van der Waals surface area (Å²) in [7, 11) is 0. The van der Waals surface area contributed by atoms with Crippen LogP contribution in [0.15, 0.2) is 0 Å². The third-order valence-corrected chi connectivity index (χ3v) is 2.54. The van der Waals surface area contributed by atoms with Crippen molar-refractivity contribution in [3.63, 3.8) is 0 Å². The van der Waals surface area contributed by atoms with Gasteiger partial charge in [-0.05, 0) is 39.2 Å². The lowest BCUT2D eigenvalue weighted by Gasteiger charge is -2.22. The van der Waals surface area contributed by atoms with Gasteiger partial charge in [-0.1, -0.05) is 0 Å². The fourth-order valence-corrected chi connectivity index (χ4v) is 1.71. The highest BCUT2D eigenvalue weighted by molar-refractivity contribution is 4.64. The normalized spacial score (nSPS) is 22.5. The van der Waals surface area contributed by atoms with Crippen LogP contribution in [0.3, 0.4) is 0 Å². The van der Waals surface area contributed by atoms with E-state index in [9.17, 15) is 0 Å². The molecule has 0 bridgehead atoms. The summed E-state index contributed by atoms with van der Waals surface area (Å²) in [6, 6.07) is 0. The molecule has 0 aliphatic carbocycles. The van der Waals surface area contributed by atoms with Gasteiger partial charge in [0, 0.05) is 19.8 Å². The minimum absolute atomic E-state index is 0.503. The number of ether oxygens (including phenoxy) is 2. The van der Waals surface area contributed by atoms with Crippen molar-refractivity contribution in [3.05, 3.63) is 0 Å². The van der Waals surface area contributed by atoms with Crippen molar-refractivity contribution in [2.45, 2.75) is 38.7 Å². The Bertz CT molecular complexity index is 124. The smallest absolute Gasteiger partial charge is 0.0590 e. The van der Waals surface area contributed by atoms with Crippen molar-refractivity contribution in [2.75, 3.05) is 32.9 Å². The summed E-state index contributed by atoms with van der Waals surface area (Å²) in [5, 5.41) is 3.36. The first-order valence-corrected chi connectivity index (χ1v) is 5.83. The first kappa shape index (κ1) is 12.0. The van der Waals surface area contributed by atoms with Crippen LogP contribution in [0.4, 0.5) is 0 Å². The summed E-state index contributed by atoms with van der Waals surface area (Å²) in [4.78, 5) is 0. The van der Waals surface area contributed by atoms with Gasteiger partial charge in [0.1, 0.15) is 0 Å². The van der Waals surface area contributed by atoms with Gasteiger partial charge < -0.3 is 14.8 Å². The number of hydrogen-bond acceptors (Lipinski definition) is 3. The molecular weight excluding hydrogens is 178 g/mol. The fourth-order valence-electron chi connectivity index (χ4n) is 1.71. The second-order valence-electron chi connectivity index (χ2n) is 3.72. The Hall–Kier alpha value is -0.120. The summed E-state index contributed by atoms with van der Waals surface area (Å²) >= 11 is 0. The molecule has 0 aromatic heterocycles. The molecule has 1 unspecified atom stereocenters. The SMILES string of the molecule is CCOCCNCCC1CCCCO1. The Morgan fingerprint density at radius 3 is 3.00 bits per heavy atom. The highest BCUT2D eigenvalue weighted by Gasteiger charge is 2.12. The molecule has 1 N–H and O–H groups in total. The van der Waals surface area contributed by atoms with Crippen LogP contribution in [-0.4, -0.2) is 39.0 Å². The quantitative estimate of drug-likeness (QED) is 0.634. The molecule has 0 saturated carbocycles. The monoisotopic (exact) mass is 201 g/mol. The van der Waals surface area contributed by atoms with Crippen molar-refractivity contribution >= 4 is 0 Å². The number of rotatable bonds is 7. The Morgan fingerprint density at radius 1 is 1.36 bits per heavy atom. The highest BCUT2D eigenvalue weighted by atomic mass is 16.5.